The summed E-state index contributed by atoms with van der Waals surface area (Å²) >= 11 is 0. The lowest BCUT2D eigenvalue weighted by atomic mass is 9.49. The summed E-state index contributed by atoms with van der Waals surface area (Å²) in [5.74, 6) is 0.0600. The molecular weight excluding hydrogens is 352 g/mol. The van der Waals surface area contributed by atoms with Gasteiger partial charge in [0.15, 0.2) is 0 Å². The molecule has 1 aliphatic heterocycles. The van der Waals surface area contributed by atoms with Gasteiger partial charge in [0.1, 0.15) is 6.29 Å². The Balaban J connectivity index is 2.05. The molecule has 0 N–H and O–H groups in total. The average molecular weight is 385 g/mol. The van der Waals surface area contributed by atoms with Gasteiger partial charge in [-0.2, -0.15) is 0 Å². The normalized spacial score (nSPS) is 34.6. The highest BCUT2D eigenvalue weighted by atomic mass is 16.5. The summed E-state index contributed by atoms with van der Waals surface area (Å²) < 4.78 is 11.3. The maximum Gasteiger partial charge on any atom is 0.334 e. The van der Waals surface area contributed by atoms with Gasteiger partial charge in [-0.3, -0.25) is 4.79 Å². The molecule has 4 nitrogen and oxygen atoms in total. The van der Waals surface area contributed by atoms with Crippen molar-refractivity contribution in [1.29, 1.82) is 0 Å². The quantitative estimate of drug-likeness (QED) is 0.288. The van der Waals surface area contributed by atoms with Gasteiger partial charge in [-0.1, -0.05) is 36.8 Å². The molecule has 1 heterocycles. The monoisotopic (exact) mass is 384 g/mol. The summed E-state index contributed by atoms with van der Waals surface area (Å²) in [5.41, 5.74) is 4.79. The van der Waals surface area contributed by atoms with Gasteiger partial charge in [-0.05, 0) is 68.9 Å². The van der Waals surface area contributed by atoms with Crippen molar-refractivity contribution in [3.8, 4) is 0 Å². The maximum absolute atomic E-state index is 12.4. The summed E-state index contributed by atoms with van der Waals surface area (Å²) in [7, 11) is 1.44. The minimum Gasteiger partial charge on any atom is -0.466 e. The standard InChI is InChI=1S/C24H32O4/c1-15(2)18-12-21-24(5)19(14-28-21)17(22(26)27-6)9-10-20(24)23(18,4)11-7-8-16(3)13-25/h8,10,13,18,21H,1,7,9,11-12,14H2,2-6H3/b16-8+/t18-,21+,23-,24-/m1/s1. The summed E-state index contributed by atoms with van der Waals surface area (Å²) in [5, 5.41) is 0. The molecule has 0 unspecified atom stereocenters. The third kappa shape index (κ3) is 3.02. The van der Waals surface area contributed by atoms with Crippen molar-refractivity contribution in [2.45, 2.75) is 59.5 Å². The number of carbonyl (C=O) groups is 2. The number of hydrogen-bond acceptors (Lipinski definition) is 4. The molecule has 3 aliphatic rings. The van der Waals surface area contributed by atoms with Gasteiger partial charge >= 0.3 is 5.97 Å². The second kappa shape index (κ2) is 7.47. The van der Waals surface area contributed by atoms with Crippen LogP contribution in [0.3, 0.4) is 0 Å². The molecule has 1 saturated heterocycles. The van der Waals surface area contributed by atoms with Crippen LogP contribution < -0.4 is 0 Å². The molecule has 2 fully saturated rings. The van der Waals surface area contributed by atoms with E-state index in [1.54, 1.807) is 0 Å². The van der Waals surface area contributed by atoms with E-state index in [9.17, 15) is 9.59 Å². The highest BCUT2D eigenvalue weighted by Crippen LogP contribution is 2.64. The average Bonchev–Trinajstić information content (AvgIpc) is 3.00. The molecule has 0 aromatic heterocycles. The lowest BCUT2D eigenvalue weighted by Gasteiger charge is -2.55. The second-order valence-electron chi connectivity index (χ2n) is 8.93. The topological polar surface area (TPSA) is 52.6 Å². The fraction of sp³-hybridized carbons (Fsp3) is 0.583. The highest BCUT2D eigenvalue weighted by molar-refractivity contribution is 5.91. The van der Waals surface area contributed by atoms with Crippen molar-refractivity contribution in [2.75, 3.05) is 13.7 Å². The van der Waals surface area contributed by atoms with E-state index in [1.807, 2.05) is 13.0 Å². The first kappa shape index (κ1) is 20.8. The lowest BCUT2D eigenvalue weighted by Crippen LogP contribution is -2.50. The van der Waals surface area contributed by atoms with Crippen LogP contribution in [-0.4, -0.2) is 32.1 Å². The molecule has 3 rings (SSSR count). The minimum atomic E-state index is -0.272. The van der Waals surface area contributed by atoms with Crippen molar-refractivity contribution in [1.82, 2.24) is 0 Å². The molecule has 1 saturated carbocycles. The second-order valence-corrected chi connectivity index (χ2v) is 8.93. The Bertz CT molecular complexity index is 799. The molecule has 0 aromatic rings. The third-order valence-corrected chi connectivity index (χ3v) is 7.31. The lowest BCUT2D eigenvalue weighted by molar-refractivity contribution is -0.136. The summed E-state index contributed by atoms with van der Waals surface area (Å²) in [6.45, 7) is 13.3. The van der Waals surface area contributed by atoms with Gasteiger partial charge in [-0.25, -0.2) is 4.79 Å². The number of hydrogen-bond donors (Lipinski definition) is 0. The van der Waals surface area contributed by atoms with Crippen LogP contribution in [-0.2, 0) is 19.1 Å². The first-order chi connectivity index (χ1) is 13.2. The molecule has 28 heavy (non-hydrogen) atoms. The van der Waals surface area contributed by atoms with E-state index in [-0.39, 0.29) is 22.9 Å². The Labute approximate surface area is 168 Å². The van der Waals surface area contributed by atoms with Crippen molar-refractivity contribution in [3.63, 3.8) is 0 Å². The van der Waals surface area contributed by atoms with Crippen LogP contribution in [0.2, 0.25) is 0 Å². The van der Waals surface area contributed by atoms with Gasteiger partial charge < -0.3 is 9.47 Å². The molecule has 152 valence electrons. The number of carbonyl (C=O) groups excluding carboxylic acids is 2. The van der Waals surface area contributed by atoms with Gasteiger partial charge in [0.25, 0.3) is 0 Å². The number of rotatable bonds is 6. The largest absolute Gasteiger partial charge is 0.466 e. The van der Waals surface area contributed by atoms with E-state index >= 15 is 0 Å². The van der Waals surface area contributed by atoms with Gasteiger partial charge in [0, 0.05) is 11.0 Å². The summed E-state index contributed by atoms with van der Waals surface area (Å²) in [4.78, 5) is 23.3. The molecular formula is C24H32O4. The van der Waals surface area contributed by atoms with E-state index in [4.69, 9.17) is 9.47 Å². The fourth-order valence-corrected chi connectivity index (χ4v) is 5.79. The fourth-order valence-electron chi connectivity index (χ4n) is 5.79. The number of aldehydes is 1. The van der Waals surface area contributed by atoms with E-state index in [0.717, 1.165) is 42.3 Å². The smallest absolute Gasteiger partial charge is 0.334 e. The van der Waals surface area contributed by atoms with Crippen LogP contribution in [0.4, 0.5) is 0 Å². The first-order valence-corrected chi connectivity index (χ1v) is 10.1. The van der Waals surface area contributed by atoms with E-state index in [2.05, 4.69) is 33.4 Å². The molecule has 0 spiro atoms. The predicted molar refractivity (Wildman–Crippen MR) is 110 cm³/mol. The zero-order valence-corrected chi connectivity index (χ0v) is 17.8. The Hall–Kier alpha value is -1.94. The van der Waals surface area contributed by atoms with Crippen LogP contribution >= 0.6 is 0 Å². The van der Waals surface area contributed by atoms with Crippen LogP contribution in [0.15, 0.2) is 46.6 Å². The van der Waals surface area contributed by atoms with Crippen LogP contribution in [0.25, 0.3) is 0 Å². The van der Waals surface area contributed by atoms with Gasteiger partial charge in [0.2, 0.25) is 0 Å². The number of methoxy groups -OCH3 is 1. The zero-order chi connectivity index (χ0) is 20.7. The van der Waals surface area contributed by atoms with Gasteiger partial charge in [-0.15, -0.1) is 0 Å². The first-order valence-electron chi connectivity index (χ1n) is 10.1. The zero-order valence-electron chi connectivity index (χ0n) is 17.8. The highest BCUT2D eigenvalue weighted by Gasteiger charge is 2.60. The van der Waals surface area contributed by atoms with Crippen LogP contribution in [0.5, 0.6) is 0 Å². The number of esters is 1. The van der Waals surface area contributed by atoms with E-state index < -0.39 is 0 Å². The Morgan fingerprint density at radius 1 is 1.39 bits per heavy atom. The summed E-state index contributed by atoms with van der Waals surface area (Å²) in [6, 6.07) is 0. The molecule has 0 radical (unpaired) electrons. The number of allylic oxidation sites excluding steroid dienone is 4. The van der Waals surface area contributed by atoms with E-state index in [1.165, 1.54) is 18.3 Å². The SMILES string of the molecule is C=C(C)[C@H]1C[C@@H]2OCC3=C(C(=O)OC)CC=C([C@@]32C)[C@]1(C)CC/C=C(\C)C=O. The molecule has 2 aliphatic carbocycles. The predicted octanol–water partition coefficient (Wildman–Crippen LogP) is 4.72. The number of ether oxygens (including phenoxy) is 2. The van der Waals surface area contributed by atoms with E-state index in [0.29, 0.717) is 18.9 Å². The Morgan fingerprint density at radius 2 is 2.11 bits per heavy atom. The molecule has 4 heteroatoms. The van der Waals surface area contributed by atoms with Crippen molar-refractivity contribution in [3.05, 3.63) is 46.6 Å². The molecule has 4 atom stereocenters. The Morgan fingerprint density at radius 3 is 2.71 bits per heavy atom. The molecule has 0 aromatic carbocycles. The Kier molecular flexibility index (Phi) is 5.55. The molecule has 0 amide bonds. The summed E-state index contributed by atoms with van der Waals surface area (Å²) in [6.07, 6.45) is 8.48. The van der Waals surface area contributed by atoms with Crippen molar-refractivity contribution >= 4 is 12.3 Å². The van der Waals surface area contributed by atoms with Crippen LogP contribution in [0, 0.1) is 16.7 Å². The maximum atomic E-state index is 12.4. The van der Waals surface area contributed by atoms with Crippen molar-refractivity contribution in [2.24, 2.45) is 16.7 Å². The van der Waals surface area contributed by atoms with Crippen LogP contribution in [0.1, 0.15) is 53.4 Å². The van der Waals surface area contributed by atoms with Crippen molar-refractivity contribution < 1.29 is 19.1 Å². The third-order valence-electron chi connectivity index (χ3n) is 7.31. The minimum absolute atomic E-state index is 0.0516. The molecule has 0 bridgehead atoms. The van der Waals surface area contributed by atoms with Gasteiger partial charge in [0.05, 0.1) is 19.8 Å².